The van der Waals surface area contributed by atoms with E-state index in [0.717, 1.165) is 28.8 Å². The van der Waals surface area contributed by atoms with E-state index in [9.17, 15) is 0 Å². The Morgan fingerprint density at radius 3 is 2.33 bits per heavy atom. The molecule has 0 bridgehead atoms. The average molecular weight is 324 g/mol. The third-order valence-electron chi connectivity index (χ3n) is 3.99. The zero-order chi connectivity index (χ0) is 17.7. The molecule has 2 aromatic heterocycles. The van der Waals surface area contributed by atoms with Gasteiger partial charge in [-0.1, -0.05) is 33.8 Å². The standard InChI is InChI=1S/C18H22N4.C2H6/c1-12(2)10-15(19)18-21-16-5-4-14(11-17(16)22(18)3)13-6-8-20-9-7-13;1-2/h4-9,11-12,15H,10,19H2,1-3H3;1-2H3. The van der Waals surface area contributed by atoms with Crippen molar-refractivity contribution < 1.29 is 0 Å². The summed E-state index contributed by atoms with van der Waals surface area (Å²) in [5.41, 5.74) is 10.8. The number of aromatic nitrogens is 3. The lowest BCUT2D eigenvalue weighted by molar-refractivity contribution is 0.485. The molecule has 24 heavy (non-hydrogen) atoms. The van der Waals surface area contributed by atoms with Crippen LogP contribution in [-0.4, -0.2) is 14.5 Å². The molecule has 4 nitrogen and oxygen atoms in total. The highest BCUT2D eigenvalue weighted by molar-refractivity contribution is 5.82. The van der Waals surface area contributed by atoms with Crippen molar-refractivity contribution in [1.82, 2.24) is 14.5 Å². The van der Waals surface area contributed by atoms with E-state index in [-0.39, 0.29) is 6.04 Å². The van der Waals surface area contributed by atoms with Crippen LogP contribution < -0.4 is 5.73 Å². The van der Waals surface area contributed by atoms with Crippen LogP contribution in [-0.2, 0) is 7.05 Å². The third kappa shape index (κ3) is 3.82. The van der Waals surface area contributed by atoms with Gasteiger partial charge in [-0.25, -0.2) is 4.98 Å². The van der Waals surface area contributed by atoms with Crippen LogP contribution in [0.3, 0.4) is 0 Å². The first-order valence-corrected chi connectivity index (χ1v) is 8.68. The van der Waals surface area contributed by atoms with E-state index in [2.05, 4.69) is 41.6 Å². The van der Waals surface area contributed by atoms with Crippen LogP contribution in [0.1, 0.15) is 46.0 Å². The number of hydrogen-bond acceptors (Lipinski definition) is 3. The smallest absolute Gasteiger partial charge is 0.126 e. The topological polar surface area (TPSA) is 56.7 Å². The highest BCUT2D eigenvalue weighted by atomic mass is 15.1. The zero-order valence-electron chi connectivity index (χ0n) is 15.3. The number of rotatable bonds is 4. The molecule has 1 aromatic carbocycles. The zero-order valence-corrected chi connectivity index (χ0v) is 15.3. The molecule has 2 heterocycles. The lowest BCUT2D eigenvalue weighted by atomic mass is 10.0. The molecule has 1 unspecified atom stereocenters. The molecule has 0 saturated carbocycles. The largest absolute Gasteiger partial charge is 0.330 e. The molecule has 0 fully saturated rings. The Balaban J connectivity index is 0.00000100. The number of aryl methyl sites for hydroxylation is 1. The quantitative estimate of drug-likeness (QED) is 0.756. The fourth-order valence-corrected chi connectivity index (χ4v) is 2.88. The Bertz CT molecular complexity index is 775. The maximum absolute atomic E-state index is 6.32. The number of benzene rings is 1. The Morgan fingerprint density at radius 1 is 1.04 bits per heavy atom. The molecule has 4 heteroatoms. The summed E-state index contributed by atoms with van der Waals surface area (Å²) in [6, 6.07) is 10.3. The first-order chi connectivity index (χ1) is 11.6. The minimum Gasteiger partial charge on any atom is -0.330 e. The van der Waals surface area contributed by atoms with Gasteiger partial charge >= 0.3 is 0 Å². The summed E-state index contributed by atoms with van der Waals surface area (Å²) in [4.78, 5) is 8.80. The van der Waals surface area contributed by atoms with E-state index >= 15 is 0 Å². The lowest BCUT2D eigenvalue weighted by Gasteiger charge is -2.13. The minimum atomic E-state index is -0.0261. The second-order valence-electron chi connectivity index (χ2n) is 6.20. The van der Waals surface area contributed by atoms with Gasteiger partial charge in [-0.05, 0) is 47.7 Å². The van der Waals surface area contributed by atoms with Gasteiger partial charge in [-0.2, -0.15) is 0 Å². The normalized spacial score (nSPS) is 12.1. The van der Waals surface area contributed by atoms with E-state index in [1.807, 2.05) is 45.4 Å². The van der Waals surface area contributed by atoms with Crippen LogP contribution in [0.2, 0.25) is 0 Å². The van der Waals surface area contributed by atoms with Crippen LogP contribution in [0.4, 0.5) is 0 Å². The number of nitrogens with two attached hydrogens (primary N) is 1. The summed E-state index contributed by atoms with van der Waals surface area (Å²) >= 11 is 0. The molecule has 0 aliphatic rings. The van der Waals surface area contributed by atoms with Crippen molar-refractivity contribution in [2.75, 3.05) is 0 Å². The average Bonchev–Trinajstić information content (AvgIpc) is 2.93. The van der Waals surface area contributed by atoms with Gasteiger partial charge < -0.3 is 10.3 Å². The Morgan fingerprint density at radius 2 is 1.71 bits per heavy atom. The molecule has 1 atom stereocenters. The molecule has 0 amide bonds. The van der Waals surface area contributed by atoms with Gasteiger partial charge in [-0.15, -0.1) is 0 Å². The summed E-state index contributed by atoms with van der Waals surface area (Å²) < 4.78 is 2.12. The van der Waals surface area contributed by atoms with Gasteiger partial charge in [-0.3, -0.25) is 4.98 Å². The molecular weight excluding hydrogens is 296 g/mol. The summed E-state index contributed by atoms with van der Waals surface area (Å²) in [6.45, 7) is 8.37. The van der Waals surface area contributed by atoms with Gasteiger partial charge in [0.05, 0.1) is 17.1 Å². The summed E-state index contributed by atoms with van der Waals surface area (Å²) in [7, 11) is 2.04. The molecular formula is C20H28N4. The van der Waals surface area contributed by atoms with E-state index in [1.165, 1.54) is 5.56 Å². The molecule has 0 radical (unpaired) electrons. The molecule has 0 aliphatic heterocycles. The van der Waals surface area contributed by atoms with Crippen molar-refractivity contribution in [2.24, 2.45) is 18.7 Å². The summed E-state index contributed by atoms with van der Waals surface area (Å²) in [5.74, 6) is 1.51. The van der Waals surface area contributed by atoms with Gasteiger partial charge in [0, 0.05) is 19.4 Å². The maximum atomic E-state index is 6.32. The van der Waals surface area contributed by atoms with Crippen molar-refractivity contribution >= 4 is 11.0 Å². The van der Waals surface area contributed by atoms with Crippen LogP contribution >= 0.6 is 0 Å². The number of pyridine rings is 1. The van der Waals surface area contributed by atoms with Crippen molar-refractivity contribution in [1.29, 1.82) is 0 Å². The molecule has 3 rings (SSSR count). The lowest BCUT2D eigenvalue weighted by Crippen LogP contribution is -2.17. The Kier molecular flexibility index (Phi) is 6.10. The molecule has 0 saturated heterocycles. The summed E-state index contributed by atoms with van der Waals surface area (Å²) in [6.07, 6.45) is 4.56. The van der Waals surface area contributed by atoms with Gasteiger partial charge in [0.25, 0.3) is 0 Å². The van der Waals surface area contributed by atoms with E-state index in [4.69, 9.17) is 10.7 Å². The van der Waals surface area contributed by atoms with E-state index in [0.29, 0.717) is 5.92 Å². The fourth-order valence-electron chi connectivity index (χ4n) is 2.88. The third-order valence-corrected chi connectivity index (χ3v) is 3.99. The minimum absolute atomic E-state index is 0.0261. The van der Waals surface area contributed by atoms with E-state index < -0.39 is 0 Å². The van der Waals surface area contributed by atoms with Crippen molar-refractivity contribution in [2.45, 2.75) is 40.2 Å². The van der Waals surface area contributed by atoms with Crippen molar-refractivity contribution in [3.8, 4) is 11.1 Å². The number of fused-ring (bicyclic) bond motifs is 1. The predicted molar refractivity (Wildman–Crippen MR) is 102 cm³/mol. The van der Waals surface area contributed by atoms with Crippen LogP contribution in [0.25, 0.3) is 22.2 Å². The Hall–Kier alpha value is -2.20. The maximum Gasteiger partial charge on any atom is 0.126 e. The number of nitrogens with zero attached hydrogens (tertiary/aromatic N) is 3. The predicted octanol–water partition coefficient (Wildman–Crippen LogP) is 4.71. The van der Waals surface area contributed by atoms with Gasteiger partial charge in [0.2, 0.25) is 0 Å². The molecule has 0 aliphatic carbocycles. The van der Waals surface area contributed by atoms with Crippen LogP contribution in [0.5, 0.6) is 0 Å². The number of hydrogen-bond donors (Lipinski definition) is 1. The molecule has 0 spiro atoms. The highest BCUT2D eigenvalue weighted by Gasteiger charge is 2.16. The Labute approximate surface area is 144 Å². The molecule has 2 N–H and O–H groups in total. The molecule has 128 valence electrons. The van der Waals surface area contributed by atoms with Gasteiger partial charge in [0.15, 0.2) is 0 Å². The summed E-state index contributed by atoms with van der Waals surface area (Å²) in [5, 5.41) is 0. The second kappa shape index (κ2) is 8.06. The van der Waals surface area contributed by atoms with Crippen molar-refractivity contribution in [3.05, 3.63) is 48.5 Å². The van der Waals surface area contributed by atoms with Crippen LogP contribution in [0.15, 0.2) is 42.7 Å². The fraction of sp³-hybridized carbons (Fsp3) is 0.400. The van der Waals surface area contributed by atoms with Gasteiger partial charge in [0.1, 0.15) is 5.82 Å². The number of imidazole rings is 1. The molecule has 3 aromatic rings. The monoisotopic (exact) mass is 324 g/mol. The van der Waals surface area contributed by atoms with Crippen molar-refractivity contribution in [3.63, 3.8) is 0 Å². The van der Waals surface area contributed by atoms with Crippen LogP contribution in [0, 0.1) is 5.92 Å². The SMILES string of the molecule is CC.CC(C)CC(N)c1nc2ccc(-c3ccncc3)cc2n1C. The highest BCUT2D eigenvalue weighted by Crippen LogP contribution is 2.27. The first-order valence-electron chi connectivity index (χ1n) is 8.68. The first kappa shape index (κ1) is 18.1. The second-order valence-corrected chi connectivity index (χ2v) is 6.20. The van der Waals surface area contributed by atoms with E-state index in [1.54, 1.807) is 0 Å².